The normalized spacial score (nSPS) is 11.6. The van der Waals surface area contributed by atoms with Gasteiger partial charge in [-0.1, -0.05) is 20.8 Å². The van der Waals surface area contributed by atoms with Crippen molar-refractivity contribution >= 4 is 23.1 Å². The Morgan fingerprint density at radius 1 is 1.14 bits per heavy atom. The first-order valence-electron chi connectivity index (χ1n) is 7.69. The van der Waals surface area contributed by atoms with Crippen LogP contribution < -0.4 is 4.90 Å². The van der Waals surface area contributed by atoms with E-state index in [9.17, 15) is 9.90 Å². The fraction of sp³-hybridized carbons (Fsp3) is 0.588. The maximum Gasteiger partial charge on any atom is 0.192 e. The van der Waals surface area contributed by atoms with Crippen LogP contribution >= 0.6 is 11.6 Å². The summed E-state index contributed by atoms with van der Waals surface area (Å²) in [6, 6.07) is 7.31. The molecule has 1 unspecified atom stereocenters. The molecule has 126 valence electrons. The smallest absolute Gasteiger partial charge is 0.192 e. The van der Waals surface area contributed by atoms with Gasteiger partial charge >= 0.3 is 0 Å². The Kier molecular flexibility index (Phi) is 10.9. The molecule has 0 fully saturated rings. The van der Waals surface area contributed by atoms with Crippen LogP contribution in [0.5, 0.6) is 0 Å². The van der Waals surface area contributed by atoms with E-state index in [1.54, 1.807) is 12.1 Å². The second kappa shape index (κ2) is 11.5. The average molecular weight is 329 g/mol. The van der Waals surface area contributed by atoms with Gasteiger partial charge in [-0.15, -0.1) is 11.6 Å². The minimum absolute atomic E-state index is 0.211. The van der Waals surface area contributed by atoms with Gasteiger partial charge in [-0.2, -0.15) is 0 Å². The first kappa shape index (κ1) is 20.9. The van der Waals surface area contributed by atoms with E-state index in [-0.39, 0.29) is 5.78 Å². The molecular weight excluding hydrogens is 300 g/mol. The molecule has 0 radical (unpaired) electrons. The fourth-order valence-corrected chi connectivity index (χ4v) is 1.93. The number of carbonyl (C=O) groups excluding carboxylic acids is 1. The van der Waals surface area contributed by atoms with Gasteiger partial charge in [0.25, 0.3) is 0 Å². The third kappa shape index (κ3) is 7.25. The van der Waals surface area contributed by atoms with Crippen LogP contribution in [0.3, 0.4) is 0 Å². The molecule has 0 aliphatic rings. The van der Waals surface area contributed by atoms with Gasteiger partial charge in [0, 0.05) is 37.8 Å². The highest BCUT2D eigenvalue weighted by Crippen LogP contribution is 2.14. The molecule has 1 aromatic rings. The van der Waals surface area contributed by atoms with Gasteiger partial charge in [-0.05, 0) is 37.4 Å². The predicted octanol–water partition coefficient (Wildman–Crippen LogP) is 2.88. The molecule has 4 nitrogen and oxygen atoms in total. The third-order valence-electron chi connectivity index (χ3n) is 3.30. The van der Waals surface area contributed by atoms with E-state index >= 15 is 0 Å². The standard InChI is InChI=1S/C15H24N2O2.C2H5Cl/c1-5-17(6-2)11-14(18)15(19)12-7-9-13(10-8-12)16(3)4;1-2-3/h7-10,14,18H,5-6,11H2,1-4H3;2H2,1H3. The van der Waals surface area contributed by atoms with E-state index < -0.39 is 6.10 Å². The molecule has 0 aliphatic heterocycles. The van der Waals surface area contributed by atoms with Crippen molar-refractivity contribution in [3.8, 4) is 0 Å². The van der Waals surface area contributed by atoms with Gasteiger partial charge in [0.2, 0.25) is 0 Å². The number of likely N-dealkylation sites (N-methyl/N-ethyl adjacent to an activating group) is 1. The minimum Gasteiger partial charge on any atom is -0.384 e. The van der Waals surface area contributed by atoms with Crippen LogP contribution in [0, 0.1) is 0 Å². The summed E-state index contributed by atoms with van der Waals surface area (Å²) in [5.74, 6) is 0.511. The number of nitrogens with zero attached hydrogens (tertiary/aromatic N) is 2. The Balaban J connectivity index is 0.00000135. The summed E-state index contributed by atoms with van der Waals surface area (Å²) in [6.45, 7) is 7.99. The monoisotopic (exact) mass is 328 g/mol. The first-order chi connectivity index (χ1) is 10.4. The highest BCUT2D eigenvalue weighted by atomic mass is 35.5. The molecule has 0 saturated heterocycles. The molecule has 1 rings (SSSR count). The lowest BCUT2D eigenvalue weighted by Crippen LogP contribution is -2.36. The Hall–Kier alpha value is -1.10. The van der Waals surface area contributed by atoms with Crippen LogP contribution in [0.1, 0.15) is 31.1 Å². The summed E-state index contributed by atoms with van der Waals surface area (Å²) < 4.78 is 0. The van der Waals surface area contributed by atoms with Crippen molar-refractivity contribution in [2.75, 3.05) is 44.5 Å². The van der Waals surface area contributed by atoms with Crippen molar-refractivity contribution in [1.82, 2.24) is 4.90 Å². The van der Waals surface area contributed by atoms with Crippen molar-refractivity contribution in [2.45, 2.75) is 26.9 Å². The van der Waals surface area contributed by atoms with Crippen molar-refractivity contribution in [2.24, 2.45) is 0 Å². The van der Waals surface area contributed by atoms with E-state index in [0.717, 1.165) is 24.7 Å². The summed E-state index contributed by atoms with van der Waals surface area (Å²) in [5.41, 5.74) is 1.60. The van der Waals surface area contributed by atoms with Crippen LogP contribution in [0.25, 0.3) is 0 Å². The SMILES string of the molecule is CCCl.CCN(CC)CC(O)C(=O)c1ccc(N(C)C)cc1. The van der Waals surface area contributed by atoms with Gasteiger partial charge < -0.3 is 14.9 Å². The molecule has 0 aromatic heterocycles. The van der Waals surface area contributed by atoms with Crippen molar-refractivity contribution in [1.29, 1.82) is 0 Å². The van der Waals surface area contributed by atoms with Crippen molar-refractivity contribution < 1.29 is 9.90 Å². The summed E-state index contributed by atoms with van der Waals surface area (Å²) in [5, 5.41) is 9.98. The fourth-order valence-electron chi connectivity index (χ4n) is 1.93. The Morgan fingerprint density at radius 2 is 1.59 bits per heavy atom. The number of ketones is 1. The summed E-state index contributed by atoms with van der Waals surface area (Å²) in [7, 11) is 3.90. The largest absolute Gasteiger partial charge is 0.384 e. The topological polar surface area (TPSA) is 43.8 Å². The van der Waals surface area contributed by atoms with Crippen LogP contribution in [-0.4, -0.2) is 61.5 Å². The number of Topliss-reactive ketones (excluding diaryl/α,β-unsaturated/α-hetero) is 1. The molecule has 22 heavy (non-hydrogen) atoms. The lowest BCUT2D eigenvalue weighted by molar-refractivity contribution is 0.0654. The molecular formula is C17H29ClN2O2. The first-order valence-corrected chi connectivity index (χ1v) is 8.22. The number of halogens is 1. The lowest BCUT2D eigenvalue weighted by Gasteiger charge is -2.21. The number of alkyl halides is 1. The van der Waals surface area contributed by atoms with E-state index in [4.69, 9.17) is 11.6 Å². The van der Waals surface area contributed by atoms with Gasteiger partial charge in [-0.25, -0.2) is 0 Å². The van der Waals surface area contributed by atoms with Crippen molar-refractivity contribution in [3.05, 3.63) is 29.8 Å². The highest BCUT2D eigenvalue weighted by Gasteiger charge is 2.19. The summed E-state index contributed by atoms with van der Waals surface area (Å²) in [4.78, 5) is 16.1. The maximum absolute atomic E-state index is 12.1. The Labute approximate surface area is 139 Å². The number of rotatable bonds is 7. The summed E-state index contributed by atoms with van der Waals surface area (Å²) >= 11 is 5.00. The molecule has 0 heterocycles. The zero-order chi connectivity index (χ0) is 17.1. The van der Waals surface area contributed by atoms with E-state index in [1.165, 1.54) is 0 Å². The number of aliphatic hydroxyl groups excluding tert-OH is 1. The van der Waals surface area contributed by atoms with Gasteiger partial charge in [-0.3, -0.25) is 4.79 Å². The molecule has 5 heteroatoms. The van der Waals surface area contributed by atoms with E-state index in [1.807, 2.05) is 56.8 Å². The molecule has 0 bridgehead atoms. The average Bonchev–Trinajstić information content (AvgIpc) is 2.52. The quantitative estimate of drug-likeness (QED) is 0.617. The summed E-state index contributed by atoms with van der Waals surface area (Å²) in [6.07, 6.45) is -0.954. The van der Waals surface area contributed by atoms with Crippen LogP contribution in [0.15, 0.2) is 24.3 Å². The minimum atomic E-state index is -0.954. The molecule has 0 aliphatic carbocycles. The third-order valence-corrected chi connectivity index (χ3v) is 3.30. The zero-order valence-electron chi connectivity index (χ0n) is 14.3. The Morgan fingerprint density at radius 3 is 1.95 bits per heavy atom. The van der Waals surface area contributed by atoms with Crippen LogP contribution in [0.2, 0.25) is 0 Å². The molecule has 0 spiro atoms. The number of hydrogen-bond donors (Lipinski definition) is 1. The molecule has 0 saturated carbocycles. The molecule has 1 N–H and O–H groups in total. The Bertz CT molecular complexity index is 417. The van der Waals surface area contributed by atoms with Gasteiger partial charge in [0.1, 0.15) is 6.10 Å². The van der Waals surface area contributed by atoms with Crippen LogP contribution in [0.4, 0.5) is 5.69 Å². The van der Waals surface area contributed by atoms with E-state index in [2.05, 4.69) is 0 Å². The zero-order valence-corrected chi connectivity index (χ0v) is 15.1. The second-order valence-electron chi connectivity index (χ2n) is 5.07. The molecule has 0 amide bonds. The van der Waals surface area contributed by atoms with E-state index in [0.29, 0.717) is 12.1 Å². The predicted molar refractivity (Wildman–Crippen MR) is 95.3 cm³/mol. The highest BCUT2D eigenvalue weighted by molar-refractivity contribution is 6.17. The number of benzene rings is 1. The van der Waals surface area contributed by atoms with Gasteiger partial charge in [0.05, 0.1) is 0 Å². The molecule has 1 atom stereocenters. The number of hydrogen-bond acceptors (Lipinski definition) is 4. The van der Waals surface area contributed by atoms with Crippen molar-refractivity contribution in [3.63, 3.8) is 0 Å². The van der Waals surface area contributed by atoms with Gasteiger partial charge in [0.15, 0.2) is 5.78 Å². The second-order valence-corrected chi connectivity index (χ2v) is 5.61. The van der Waals surface area contributed by atoms with Crippen LogP contribution in [-0.2, 0) is 0 Å². The number of anilines is 1. The number of aliphatic hydroxyl groups is 1. The number of carbonyl (C=O) groups is 1. The lowest BCUT2D eigenvalue weighted by atomic mass is 10.1. The maximum atomic E-state index is 12.1. The molecule has 1 aromatic carbocycles.